The lowest BCUT2D eigenvalue weighted by Gasteiger charge is -2.30. The minimum Gasteiger partial charge on any atom is -0.496 e. The first kappa shape index (κ1) is 43.3. The van der Waals surface area contributed by atoms with Crippen LogP contribution in [0.25, 0.3) is 21.6 Å². The average Bonchev–Trinajstić information content (AvgIpc) is 3.86. The minimum atomic E-state index is -4.02. The predicted octanol–water partition coefficient (Wildman–Crippen LogP) is 5.07. The Morgan fingerprint density at radius 1 is 1.08 bits per heavy atom. The molecule has 0 radical (unpaired) electrons. The van der Waals surface area contributed by atoms with Crippen LogP contribution < -0.4 is 24.8 Å². The third kappa shape index (κ3) is 8.42. The largest absolute Gasteiger partial charge is 0.496 e. The molecule has 62 heavy (non-hydrogen) atoms. The second-order valence-corrected chi connectivity index (χ2v) is 20.7. The number of hydrogen-bond acceptors (Lipinski definition) is 12. The predicted molar refractivity (Wildman–Crippen MR) is 233 cm³/mol. The Morgan fingerprint density at radius 2 is 1.87 bits per heavy atom. The van der Waals surface area contributed by atoms with Crippen molar-refractivity contribution in [3.63, 3.8) is 0 Å². The van der Waals surface area contributed by atoms with E-state index in [1.165, 1.54) is 20.9 Å². The lowest BCUT2D eigenvalue weighted by Crippen LogP contribution is -2.58. The van der Waals surface area contributed by atoms with Gasteiger partial charge in [-0.15, -0.1) is 11.3 Å². The number of fused-ring (bicyclic) bond motifs is 3. The quantitative estimate of drug-likeness (QED) is 0.179. The standard InChI is InChI=1S/C44H54N8O8S2/c1-25(2)33-24-61-40(47-33)32-21-36(29-14-15-35(59-6)26(3)37(29)45-32)60-28-20-34-39(54)48-44(42(56)50-62(57,58)43(4)17-18-43)22-27(44)12-10-8-7-9-11-13-31(41(55)52(34)23-28)46-38(53)30-16-19-51(5)49-30/h10,12,14-16,19,21,24-25,27-28,31,34H,7-9,11,13,17-18,20,22-23H2,1-6H3,(H,46,53)(H,48,54)(H,50,56)/b12-10-/t27-,28-,31+,34+,44-/m1/s1. The number of nitrogens with zero attached hydrogens (tertiary/aromatic N) is 5. The lowest BCUT2D eigenvalue weighted by molar-refractivity contribution is -0.141. The van der Waals surface area contributed by atoms with Crippen molar-refractivity contribution in [3.8, 4) is 22.2 Å². The molecule has 5 heterocycles. The summed E-state index contributed by atoms with van der Waals surface area (Å²) in [4.78, 5) is 68.4. The van der Waals surface area contributed by atoms with Crippen LogP contribution in [0, 0.1) is 12.8 Å². The molecule has 3 fully saturated rings. The summed E-state index contributed by atoms with van der Waals surface area (Å²) < 4.78 is 41.8. The molecule has 1 aromatic carbocycles. The van der Waals surface area contributed by atoms with Crippen molar-refractivity contribution in [2.75, 3.05) is 13.7 Å². The number of carbonyl (C=O) groups is 4. The van der Waals surface area contributed by atoms with Gasteiger partial charge in [-0.05, 0) is 76.5 Å². The zero-order valence-electron chi connectivity index (χ0n) is 35.9. The monoisotopic (exact) mass is 886 g/mol. The minimum absolute atomic E-state index is 0.0226. The van der Waals surface area contributed by atoms with Crippen molar-refractivity contribution in [2.24, 2.45) is 13.0 Å². The Labute approximate surface area is 365 Å². The van der Waals surface area contributed by atoms with E-state index in [1.807, 2.05) is 42.7 Å². The molecule has 2 aliphatic heterocycles. The molecule has 3 N–H and O–H groups in total. The highest BCUT2D eigenvalue weighted by Gasteiger charge is 2.63. The van der Waals surface area contributed by atoms with Gasteiger partial charge in [0.15, 0.2) is 0 Å². The van der Waals surface area contributed by atoms with Crippen LogP contribution >= 0.6 is 11.3 Å². The van der Waals surface area contributed by atoms with Crippen LogP contribution in [0.5, 0.6) is 11.5 Å². The molecule has 4 aromatic rings. The van der Waals surface area contributed by atoms with E-state index in [-0.39, 0.29) is 31.0 Å². The molecule has 0 spiro atoms. The van der Waals surface area contributed by atoms with Crippen molar-refractivity contribution in [2.45, 2.75) is 120 Å². The summed E-state index contributed by atoms with van der Waals surface area (Å²) >= 11 is 1.48. The number of aromatic nitrogens is 4. The van der Waals surface area contributed by atoms with Crippen LogP contribution in [0.4, 0.5) is 0 Å². The first-order valence-corrected chi connectivity index (χ1v) is 23.7. The molecule has 4 aliphatic rings. The second-order valence-electron chi connectivity index (χ2n) is 17.6. The first-order valence-electron chi connectivity index (χ1n) is 21.3. The number of nitrogens with one attached hydrogen (secondary N) is 3. The van der Waals surface area contributed by atoms with E-state index in [0.717, 1.165) is 24.1 Å². The highest BCUT2D eigenvalue weighted by molar-refractivity contribution is 7.91. The third-order valence-electron chi connectivity index (χ3n) is 12.7. The summed E-state index contributed by atoms with van der Waals surface area (Å²) in [6, 6.07) is 4.95. The molecule has 3 aromatic heterocycles. The molecule has 2 aliphatic carbocycles. The van der Waals surface area contributed by atoms with E-state index < -0.39 is 68.0 Å². The van der Waals surface area contributed by atoms with Crippen LogP contribution in [-0.4, -0.2) is 98.8 Å². The highest BCUT2D eigenvalue weighted by Crippen LogP contribution is 2.48. The number of allylic oxidation sites excluding steroid dienone is 1. The summed E-state index contributed by atoms with van der Waals surface area (Å²) in [6.45, 7) is 7.64. The van der Waals surface area contributed by atoms with E-state index in [0.29, 0.717) is 65.2 Å². The fourth-order valence-electron chi connectivity index (χ4n) is 8.37. The second kappa shape index (κ2) is 16.7. The number of pyridine rings is 1. The Hall–Kier alpha value is -5.36. The Bertz CT molecular complexity index is 2560. The van der Waals surface area contributed by atoms with Crippen molar-refractivity contribution in [1.82, 2.24) is 40.0 Å². The van der Waals surface area contributed by atoms with Gasteiger partial charge in [0.05, 0.1) is 29.6 Å². The number of hydrogen-bond donors (Lipinski definition) is 3. The van der Waals surface area contributed by atoms with Crippen LogP contribution in [0.15, 0.2) is 48.0 Å². The van der Waals surface area contributed by atoms with Gasteiger partial charge in [0.25, 0.3) is 11.8 Å². The van der Waals surface area contributed by atoms with Crippen molar-refractivity contribution in [3.05, 3.63) is 64.9 Å². The van der Waals surface area contributed by atoms with E-state index in [9.17, 15) is 27.6 Å². The summed E-state index contributed by atoms with van der Waals surface area (Å²) in [5, 5.41) is 13.5. The van der Waals surface area contributed by atoms with Gasteiger partial charge >= 0.3 is 0 Å². The normalized spacial score (nSPS) is 25.5. The number of ether oxygens (including phenoxy) is 2. The molecule has 2 saturated carbocycles. The fraction of sp³-hybridized carbons (Fsp3) is 0.523. The molecule has 8 rings (SSSR count). The van der Waals surface area contributed by atoms with Crippen LogP contribution in [0.1, 0.15) is 106 Å². The molecule has 5 atom stereocenters. The van der Waals surface area contributed by atoms with E-state index in [2.05, 4.69) is 34.3 Å². The van der Waals surface area contributed by atoms with Crippen molar-refractivity contribution in [1.29, 1.82) is 0 Å². The van der Waals surface area contributed by atoms with Gasteiger partial charge in [0.1, 0.15) is 51.6 Å². The third-order valence-corrected chi connectivity index (χ3v) is 15.8. The maximum atomic E-state index is 14.9. The van der Waals surface area contributed by atoms with Crippen molar-refractivity contribution >= 4 is 55.9 Å². The zero-order valence-corrected chi connectivity index (χ0v) is 37.5. The number of rotatable bonds is 10. The number of aryl methyl sites for hydroxylation is 2. The zero-order chi connectivity index (χ0) is 44.1. The van der Waals surface area contributed by atoms with Crippen molar-refractivity contribution < 1.29 is 37.1 Å². The maximum Gasteiger partial charge on any atom is 0.272 e. The number of sulfonamides is 1. The molecular weight excluding hydrogens is 833 g/mol. The van der Waals surface area contributed by atoms with Gasteiger partial charge in [0, 0.05) is 48.0 Å². The average molecular weight is 887 g/mol. The van der Waals surface area contributed by atoms with Crippen LogP contribution in [0.3, 0.4) is 0 Å². The van der Waals surface area contributed by atoms with E-state index in [4.69, 9.17) is 19.4 Å². The maximum absolute atomic E-state index is 14.9. The smallest absolute Gasteiger partial charge is 0.272 e. The number of benzene rings is 1. The first-order chi connectivity index (χ1) is 29.5. The van der Waals surface area contributed by atoms with Gasteiger partial charge < -0.3 is 25.0 Å². The van der Waals surface area contributed by atoms with Gasteiger partial charge in [-0.1, -0.05) is 38.8 Å². The van der Waals surface area contributed by atoms with Gasteiger partial charge in [0.2, 0.25) is 21.8 Å². The summed E-state index contributed by atoms with van der Waals surface area (Å²) in [5.74, 6) is -1.55. The van der Waals surface area contributed by atoms with E-state index >= 15 is 0 Å². The molecule has 0 bridgehead atoms. The van der Waals surface area contributed by atoms with Crippen LogP contribution in [-0.2, 0) is 31.5 Å². The lowest BCUT2D eigenvalue weighted by atomic mass is 10.0. The van der Waals surface area contributed by atoms with Crippen LogP contribution in [0.2, 0.25) is 0 Å². The Balaban J connectivity index is 1.15. The number of carbonyl (C=O) groups excluding carboxylic acids is 4. The van der Waals surface area contributed by atoms with E-state index in [1.54, 1.807) is 33.3 Å². The molecular formula is C44H54N8O8S2. The molecule has 16 nitrogen and oxygen atoms in total. The Morgan fingerprint density at radius 3 is 2.56 bits per heavy atom. The molecule has 18 heteroatoms. The number of thiazole rings is 1. The SMILES string of the molecule is COc1ccc2c(O[C@@H]3C[C@H]4C(=O)N[C@]5(C(=O)NS(=O)(=O)C6(C)CC6)C[C@H]5/C=C\CCCCC[C@H](NC(=O)c5ccn(C)n5)C(=O)N4C3)cc(-c3nc(C(C)C)cs3)nc2c1C. The number of amides is 4. The topological polar surface area (TPSA) is 204 Å². The van der Waals surface area contributed by atoms with Gasteiger partial charge in [-0.2, -0.15) is 5.10 Å². The van der Waals surface area contributed by atoms with Gasteiger partial charge in [-0.3, -0.25) is 28.6 Å². The molecule has 330 valence electrons. The summed E-state index contributed by atoms with van der Waals surface area (Å²) in [5.41, 5.74) is 1.58. The Kier molecular flexibility index (Phi) is 11.7. The van der Waals surface area contributed by atoms with Gasteiger partial charge in [-0.25, -0.2) is 18.4 Å². The summed E-state index contributed by atoms with van der Waals surface area (Å²) in [7, 11) is -0.725. The highest BCUT2D eigenvalue weighted by atomic mass is 32.2. The summed E-state index contributed by atoms with van der Waals surface area (Å²) in [6.07, 6.45) is 9.00. The number of methoxy groups -OCH3 is 1. The molecule has 0 unspecified atom stereocenters. The fourth-order valence-corrected chi connectivity index (χ4v) is 10.6. The molecule has 1 saturated heterocycles. The molecule has 4 amide bonds.